The van der Waals surface area contributed by atoms with Crippen molar-refractivity contribution < 1.29 is 4.79 Å². The van der Waals surface area contributed by atoms with Gasteiger partial charge in [0.25, 0.3) is 5.91 Å². The molecule has 1 amide bonds. The lowest BCUT2D eigenvalue weighted by atomic mass is 10.1. The number of aryl methyl sites for hydroxylation is 2. The highest BCUT2D eigenvalue weighted by molar-refractivity contribution is 5.96. The minimum Gasteiger partial charge on any atom is -0.353 e. The lowest BCUT2D eigenvalue weighted by Crippen LogP contribution is -2.37. The van der Waals surface area contributed by atoms with Gasteiger partial charge in [0.05, 0.1) is 11.3 Å². The summed E-state index contributed by atoms with van der Waals surface area (Å²) >= 11 is 0. The second kappa shape index (κ2) is 5.83. The van der Waals surface area contributed by atoms with Crippen LogP contribution in [0, 0.1) is 13.8 Å². The summed E-state index contributed by atoms with van der Waals surface area (Å²) in [4.78, 5) is 14.8. The molecule has 1 fully saturated rings. The zero-order valence-corrected chi connectivity index (χ0v) is 14.5. The Hall–Kier alpha value is -2.97. The Morgan fingerprint density at radius 3 is 2.88 bits per heavy atom. The Labute approximate surface area is 144 Å². The number of carbonyl (C=O) groups excluding carboxylic acids is 1. The van der Waals surface area contributed by atoms with Crippen LogP contribution in [-0.4, -0.2) is 54.6 Å². The summed E-state index contributed by atoms with van der Waals surface area (Å²) in [5.74, 6) is 0.801. The molecular formula is C16H20N8O. The van der Waals surface area contributed by atoms with E-state index in [1.54, 1.807) is 15.5 Å². The van der Waals surface area contributed by atoms with E-state index in [0.29, 0.717) is 5.56 Å². The van der Waals surface area contributed by atoms with Crippen molar-refractivity contribution >= 4 is 17.4 Å². The summed E-state index contributed by atoms with van der Waals surface area (Å²) in [5.41, 5.74) is 3.02. The minimum absolute atomic E-state index is 0.0582. The second-order valence-electron chi connectivity index (χ2n) is 6.40. The summed E-state index contributed by atoms with van der Waals surface area (Å²) in [6.07, 6.45) is 2.47. The van der Waals surface area contributed by atoms with Gasteiger partial charge in [-0.2, -0.15) is 9.61 Å². The fraction of sp³-hybridized carbons (Fsp3) is 0.438. The number of fused-ring (bicyclic) bond motifs is 1. The van der Waals surface area contributed by atoms with Crippen LogP contribution in [0.15, 0.2) is 18.5 Å². The van der Waals surface area contributed by atoms with E-state index in [9.17, 15) is 4.79 Å². The Bertz CT molecular complexity index is 943. The fourth-order valence-corrected chi connectivity index (χ4v) is 3.33. The third-order valence-electron chi connectivity index (χ3n) is 4.73. The van der Waals surface area contributed by atoms with Crippen molar-refractivity contribution in [1.82, 2.24) is 34.9 Å². The number of nitrogens with zero attached hydrogens (tertiary/aromatic N) is 7. The third kappa shape index (κ3) is 2.71. The molecule has 130 valence electrons. The average molecular weight is 340 g/mol. The number of aromatic nitrogens is 6. The first kappa shape index (κ1) is 15.6. The molecule has 1 unspecified atom stereocenters. The van der Waals surface area contributed by atoms with Gasteiger partial charge in [-0.1, -0.05) is 0 Å². The number of carbonyl (C=O) groups is 1. The van der Waals surface area contributed by atoms with Crippen molar-refractivity contribution in [3.8, 4) is 0 Å². The molecule has 4 heterocycles. The topological polar surface area (TPSA) is 93.2 Å². The van der Waals surface area contributed by atoms with Crippen LogP contribution in [0.1, 0.15) is 28.2 Å². The van der Waals surface area contributed by atoms with Crippen molar-refractivity contribution in [3.05, 3.63) is 35.4 Å². The molecule has 3 aromatic heterocycles. The molecule has 1 aliphatic heterocycles. The van der Waals surface area contributed by atoms with E-state index in [1.807, 2.05) is 33.0 Å². The zero-order valence-electron chi connectivity index (χ0n) is 14.5. The molecule has 25 heavy (non-hydrogen) atoms. The molecule has 1 aliphatic rings. The average Bonchev–Trinajstić information content (AvgIpc) is 3.27. The second-order valence-corrected chi connectivity index (χ2v) is 6.40. The van der Waals surface area contributed by atoms with E-state index < -0.39 is 0 Å². The highest BCUT2D eigenvalue weighted by Crippen LogP contribution is 2.19. The van der Waals surface area contributed by atoms with E-state index in [1.165, 1.54) is 0 Å². The van der Waals surface area contributed by atoms with Crippen molar-refractivity contribution in [3.63, 3.8) is 0 Å². The summed E-state index contributed by atoms with van der Waals surface area (Å²) in [5, 5.41) is 19.8. The van der Waals surface area contributed by atoms with Gasteiger partial charge in [-0.05, 0) is 32.4 Å². The van der Waals surface area contributed by atoms with Gasteiger partial charge in [0, 0.05) is 31.9 Å². The largest absolute Gasteiger partial charge is 0.353 e. The number of hydrogen-bond acceptors (Lipinski definition) is 6. The quantitative estimate of drug-likeness (QED) is 0.746. The molecule has 0 spiro atoms. The maximum atomic E-state index is 12.6. The highest BCUT2D eigenvalue weighted by atomic mass is 16.1. The predicted molar refractivity (Wildman–Crippen MR) is 91.5 cm³/mol. The van der Waals surface area contributed by atoms with Gasteiger partial charge in [0.15, 0.2) is 5.65 Å². The highest BCUT2D eigenvalue weighted by Gasteiger charge is 2.27. The van der Waals surface area contributed by atoms with E-state index >= 15 is 0 Å². The number of hydrogen-bond donors (Lipinski definition) is 1. The Balaban J connectivity index is 1.46. The Morgan fingerprint density at radius 2 is 2.12 bits per heavy atom. The van der Waals surface area contributed by atoms with Gasteiger partial charge >= 0.3 is 0 Å². The molecule has 1 N–H and O–H groups in total. The van der Waals surface area contributed by atoms with Gasteiger partial charge < -0.3 is 10.2 Å². The van der Waals surface area contributed by atoms with E-state index in [2.05, 4.69) is 30.6 Å². The molecule has 0 saturated carbocycles. The van der Waals surface area contributed by atoms with Crippen LogP contribution in [0.5, 0.6) is 0 Å². The van der Waals surface area contributed by atoms with Crippen molar-refractivity contribution in [1.29, 1.82) is 0 Å². The van der Waals surface area contributed by atoms with Gasteiger partial charge in [-0.15, -0.1) is 15.3 Å². The number of rotatable bonds is 3. The molecule has 9 heteroatoms. The van der Waals surface area contributed by atoms with Crippen LogP contribution in [0.2, 0.25) is 0 Å². The molecule has 9 nitrogen and oxygen atoms in total. The van der Waals surface area contributed by atoms with E-state index in [0.717, 1.165) is 42.4 Å². The van der Waals surface area contributed by atoms with Crippen molar-refractivity contribution in [2.45, 2.75) is 26.3 Å². The first-order valence-electron chi connectivity index (χ1n) is 8.26. The van der Waals surface area contributed by atoms with Crippen LogP contribution in [0.3, 0.4) is 0 Å². The van der Waals surface area contributed by atoms with E-state index in [-0.39, 0.29) is 11.9 Å². The third-order valence-corrected chi connectivity index (χ3v) is 4.73. The van der Waals surface area contributed by atoms with Crippen LogP contribution < -0.4 is 10.2 Å². The van der Waals surface area contributed by atoms with Crippen molar-refractivity contribution in [2.24, 2.45) is 7.05 Å². The maximum Gasteiger partial charge on any atom is 0.255 e. The maximum absolute atomic E-state index is 12.6. The first-order chi connectivity index (χ1) is 12.0. The predicted octanol–water partition coefficient (Wildman–Crippen LogP) is 0.483. The molecule has 1 atom stereocenters. The van der Waals surface area contributed by atoms with Crippen LogP contribution in [0.4, 0.5) is 5.82 Å². The molecule has 4 rings (SSSR count). The van der Waals surface area contributed by atoms with E-state index in [4.69, 9.17) is 0 Å². The monoisotopic (exact) mass is 340 g/mol. The zero-order chi connectivity index (χ0) is 17.6. The van der Waals surface area contributed by atoms with Crippen LogP contribution in [-0.2, 0) is 7.05 Å². The SMILES string of the molecule is Cc1nn(C)c(C)c1C(=O)NC1CCN(c2ccc3nncn3n2)C1. The summed E-state index contributed by atoms with van der Waals surface area (Å²) in [7, 11) is 1.85. The summed E-state index contributed by atoms with van der Waals surface area (Å²) < 4.78 is 3.40. The molecule has 0 radical (unpaired) electrons. The molecule has 0 aliphatic carbocycles. The van der Waals surface area contributed by atoms with Gasteiger partial charge in [0.1, 0.15) is 12.1 Å². The van der Waals surface area contributed by atoms with Gasteiger partial charge in [-0.25, -0.2) is 0 Å². The lowest BCUT2D eigenvalue weighted by Gasteiger charge is -2.17. The standard InChI is InChI=1S/C16H20N8O/c1-10-15(11(2)22(3)20-10)16(25)18-12-6-7-23(8-12)14-5-4-13-19-17-9-24(13)21-14/h4-5,9,12H,6-8H2,1-3H3,(H,18,25). The van der Waals surface area contributed by atoms with Crippen molar-refractivity contribution in [2.75, 3.05) is 18.0 Å². The van der Waals surface area contributed by atoms with Gasteiger partial charge in [-0.3, -0.25) is 9.48 Å². The Morgan fingerprint density at radius 1 is 1.28 bits per heavy atom. The summed E-state index contributed by atoms with van der Waals surface area (Å²) in [6, 6.07) is 3.91. The molecular weight excluding hydrogens is 320 g/mol. The number of amides is 1. The first-order valence-corrected chi connectivity index (χ1v) is 8.26. The lowest BCUT2D eigenvalue weighted by molar-refractivity contribution is 0.0939. The summed E-state index contributed by atoms with van der Waals surface area (Å²) in [6.45, 7) is 5.34. The van der Waals surface area contributed by atoms with Gasteiger partial charge in [0.2, 0.25) is 0 Å². The number of anilines is 1. The number of nitrogens with one attached hydrogen (secondary N) is 1. The molecule has 1 saturated heterocycles. The Kier molecular flexibility index (Phi) is 3.63. The van der Waals surface area contributed by atoms with Crippen LogP contribution in [0.25, 0.3) is 5.65 Å². The minimum atomic E-state index is -0.0582. The van der Waals surface area contributed by atoms with Crippen LogP contribution >= 0.6 is 0 Å². The fourth-order valence-electron chi connectivity index (χ4n) is 3.33. The molecule has 0 bridgehead atoms. The molecule has 0 aromatic carbocycles. The molecule has 3 aromatic rings. The normalized spacial score (nSPS) is 17.4. The smallest absolute Gasteiger partial charge is 0.255 e.